The minimum Gasteiger partial charge on any atom is -0.481 e. The van der Waals surface area contributed by atoms with Gasteiger partial charge in [-0.25, -0.2) is 14.8 Å². The number of imidazole rings is 2. The highest BCUT2D eigenvalue weighted by molar-refractivity contribution is 5.99. The Morgan fingerprint density at radius 3 is 1.67 bits per heavy atom. The molecule has 5 aromatic rings. The number of para-hydroxylation sites is 1. The molecule has 0 bridgehead atoms. The number of nitrogens with one attached hydrogen (secondary N) is 12. The van der Waals surface area contributed by atoms with Gasteiger partial charge in [0.05, 0.1) is 25.2 Å². The molecule has 29 nitrogen and oxygen atoms in total. The summed E-state index contributed by atoms with van der Waals surface area (Å²) in [5.74, 6) is -10.7. The molecule has 9 amide bonds. The number of nitrogens with two attached hydrogens (primary N) is 2. The van der Waals surface area contributed by atoms with Crippen LogP contribution >= 0.6 is 0 Å². The van der Waals surface area contributed by atoms with Gasteiger partial charge < -0.3 is 84.5 Å². The first kappa shape index (κ1) is 69.3. The number of amides is 9. The van der Waals surface area contributed by atoms with Crippen molar-refractivity contribution in [3.8, 4) is 0 Å². The summed E-state index contributed by atoms with van der Waals surface area (Å²) < 4.78 is 0. The predicted molar refractivity (Wildman–Crippen MR) is 321 cm³/mol. The van der Waals surface area contributed by atoms with Crippen molar-refractivity contribution in [3.63, 3.8) is 0 Å². The van der Waals surface area contributed by atoms with Crippen LogP contribution in [0.25, 0.3) is 10.9 Å². The Hall–Kier alpha value is -9.51. The number of aromatic nitrogens is 5. The number of carbonyl (C=O) groups is 11. The number of carboxylic acids is 2. The number of aliphatic carboxylic acids is 2. The molecule has 3 heterocycles. The van der Waals surface area contributed by atoms with E-state index in [0.29, 0.717) is 39.8 Å². The first-order chi connectivity index (χ1) is 41.9. The molecular formula is C59H82N16O13. The van der Waals surface area contributed by atoms with Gasteiger partial charge in [0.15, 0.2) is 0 Å². The lowest BCUT2D eigenvalue weighted by atomic mass is 9.99. The van der Waals surface area contributed by atoms with Gasteiger partial charge in [0.1, 0.15) is 48.3 Å². The highest BCUT2D eigenvalue weighted by Crippen LogP contribution is 2.20. The summed E-state index contributed by atoms with van der Waals surface area (Å²) >= 11 is 0. The molecule has 88 heavy (non-hydrogen) atoms. The molecule has 18 N–H and O–H groups in total. The summed E-state index contributed by atoms with van der Waals surface area (Å²) in [7, 11) is 0. The van der Waals surface area contributed by atoms with Crippen molar-refractivity contribution in [1.82, 2.24) is 72.8 Å². The smallest absolute Gasteiger partial charge is 0.326 e. The zero-order valence-corrected chi connectivity index (χ0v) is 49.9. The normalized spacial score (nSPS) is 14.3. The first-order valence-corrected chi connectivity index (χ1v) is 29.1. The van der Waals surface area contributed by atoms with Crippen molar-refractivity contribution < 1.29 is 63.0 Å². The van der Waals surface area contributed by atoms with Crippen molar-refractivity contribution in [1.29, 1.82) is 0 Å². The van der Waals surface area contributed by atoms with Gasteiger partial charge in [0.25, 0.3) is 0 Å². The third-order valence-electron chi connectivity index (χ3n) is 14.2. The maximum absolute atomic E-state index is 15.0. The monoisotopic (exact) mass is 1220 g/mol. The minimum absolute atomic E-state index is 0.0514. The molecule has 0 unspecified atom stereocenters. The lowest BCUT2D eigenvalue weighted by Crippen LogP contribution is -2.61. The Labute approximate surface area is 508 Å². The first-order valence-electron chi connectivity index (χ1n) is 29.1. The average molecular weight is 1220 g/mol. The fourth-order valence-corrected chi connectivity index (χ4v) is 9.41. The summed E-state index contributed by atoms with van der Waals surface area (Å²) in [6.45, 7) is 7.82. The molecule has 2 aromatic carbocycles. The van der Waals surface area contributed by atoms with Crippen LogP contribution < -0.4 is 59.3 Å². The van der Waals surface area contributed by atoms with Crippen LogP contribution in [0.5, 0.6) is 0 Å². The van der Waals surface area contributed by atoms with Gasteiger partial charge in [-0.1, -0.05) is 76.2 Å². The van der Waals surface area contributed by atoms with Crippen LogP contribution in [0.4, 0.5) is 0 Å². The third-order valence-corrected chi connectivity index (χ3v) is 14.2. The van der Waals surface area contributed by atoms with Crippen LogP contribution in [-0.4, -0.2) is 168 Å². The number of benzene rings is 2. The standard InChI is InChI=1S/C59H82N16O13/c1-32(2)21-47(59(87)88)69-48(76)29-65-58(86)50(33(3)4)75-57(85)44(22-35-13-7-6-8-14-35)72-55(83)45(23-36-26-64-41-16-10-9-15-39(36)41)73-56(84)46(25-38-28-63-31-67-38)74-53(81)42(17-11-12-20-60)71-54(82)43(18-19-49(77)78)70-51(79)34(5)68-52(80)40(61)24-37-27-62-30-66-37/h6-10,13-16,26-28,30-34,40,42-47,50,64H,11-12,17-25,29,60-61H2,1-5H3,(H,62,66)(H,63,67)(H,65,86)(H,68,80)(H,69,76)(H,70,79)(H,71,82)(H,72,83)(H,73,84)(H,74,81)(H,75,85)(H,77,78)(H,87,88)/t34-,40-,42-,43-,44-,45-,46-,47-,50-/m0/s1. The topological polar surface area (TPSA) is 462 Å². The predicted octanol–water partition coefficient (Wildman–Crippen LogP) is -0.993. The minimum atomic E-state index is -1.55. The second kappa shape index (κ2) is 34.6. The molecule has 0 aliphatic heterocycles. The Kier molecular flexibility index (Phi) is 27.2. The van der Waals surface area contributed by atoms with E-state index in [1.165, 1.54) is 32.0 Å². The van der Waals surface area contributed by atoms with Gasteiger partial charge in [-0.3, -0.25) is 47.9 Å². The summed E-state index contributed by atoms with van der Waals surface area (Å²) in [6.07, 6.45) is 6.56. The molecule has 5 rings (SSSR count). The van der Waals surface area contributed by atoms with E-state index >= 15 is 0 Å². The van der Waals surface area contributed by atoms with E-state index in [1.807, 2.05) is 6.07 Å². The largest absolute Gasteiger partial charge is 0.481 e. The zero-order valence-electron chi connectivity index (χ0n) is 49.9. The van der Waals surface area contributed by atoms with Crippen molar-refractivity contribution in [2.75, 3.05) is 13.1 Å². The van der Waals surface area contributed by atoms with Gasteiger partial charge >= 0.3 is 11.9 Å². The fourth-order valence-electron chi connectivity index (χ4n) is 9.41. The Morgan fingerprint density at radius 1 is 0.545 bits per heavy atom. The number of unbranched alkanes of at least 4 members (excludes halogenated alkanes) is 1. The van der Waals surface area contributed by atoms with E-state index in [4.69, 9.17) is 11.5 Å². The maximum Gasteiger partial charge on any atom is 0.326 e. The summed E-state index contributed by atoms with van der Waals surface area (Å²) in [6, 6.07) is 3.67. The van der Waals surface area contributed by atoms with Crippen LogP contribution in [-0.2, 0) is 78.4 Å². The highest BCUT2D eigenvalue weighted by Gasteiger charge is 2.36. The van der Waals surface area contributed by atoms with Crippen LogP contribution in [0.1, 0.15) is 95.7 Å². The van der Waals surface area contributed by atoms with Crippen molar-refractivity contribution >= 4 is 76.0 Å². The Morgan fingerprint density at radius 2 is 1.09 bits per heavy atom. The summed E-state index contributed by atoms with van der Waals surface area (Å²) in [4.78, 5) is 167. The summed E-state index contributed by atoms with van der Waals surface area (Å²) in [5.41, 5.74) is 14.7. The van der Waals surface area contributed by atoms with E-state index in [-0.39, 0.29) is 57.4 Å². The number of H-pyrrole nitrogens is 3. The number of carboxylic acid groups (broad SMARTS) is 2. The molecular weight excluding hydrogens is 1140 g/mol. The molecule has 0 fully saturated rings. The Balaban J connectivity index is 1.41. The molecule has 0 saturated carbocycles. The number of hydrogen-bond acceptors (Lipinski definition) is 15. The second-order valence-corrected chi connectivity index (χ2v) is 22.2. The lowest BCUT2D eigenvalue weighted by Gasteiger charge is -2.28. The molecule has 476 valence electrons. The molecule has 29 heteroatoms. The van der Waals surface area contributed by atoms with Crippen molar-refractivity contribution in [3.05, 3.63) is 108 Å². The number of carbonyl (C=O) groups excluding carboxylic acids is 9. The number of hydrogen-bond donors (Lipinski definition) is 16. The molecule has 3 aromatic heterocycles. The van der Waals surface area contributed by atoms with Crippen molar-refractivity contribution in [2.45, 2.75) is 153 Å². The van der Waals surface area contributed by atoms with Gasteiger partial charge in [0, 0.05) is 73.0 Å². The van der Waals surface area contributed by atoms with E-state index in [9.17, 15) is 63.0 Å². The fraction of sp³-hybridized carbons (Fsp3) is 0.475. The second-order valence-electron chi connectivity index (χ2n) is 22.2. The van der Waals surface area contributed by atoms with E-state index in [0.717, 1.165) is 0 Å². The maximum atomic E-state index is 15.0. The number of fused-ring (bicyclic) bond motifs is 1. The highest BCUT2D eigenvalue weighted by atomic mass is 16.4. The SMILES string of the molecule is CC(C)C[C@H](NC(=O)CNC(=O)[C@@H](NC(=O)[C@H](Cc1ccccc1)NC(=O)[C@H](Cc1c[nH]c2ccccc12)NC(=O)[C@H](Cc1cnc[nH]1)NC(=O)[C@H](CCCCN)NC(=O)[C@H](CCC(=O)O)NC(=O)[C@H](C)NC(=O)[C@@H](N)Cc1cnc[nH]1)C(C)C)C(=O)O. The van der Waals surface area contributed by atoms with Gasteiger partial charge in [0.2, 0.25) is 53.2 Å². The summed E-state index contributed by atoms with van der Waals surface area (Å²) in [5, 5.41) is 43.4. The number of nitrogens with zero attached hydrogens (tertiary/aromatic N) is 2. The van der Waals surface area contributed by atoms with Gasteiger partial charge in [-0.05, 0) is 74.6 Å². The van der Waals surface area contributed by atoms with E-state index in [1.54, 1.807) is 82.4 Å². The molecule has 0 radical (unpaired) electrons. The Bertz CT molecular complexity index is 3140. The van der Waals surface area contributed by atoms with Crippen LogP contribution in [0.2, 0.25) is 0 Å². The zero-order chi connectivity index (χ0) is 64.5. The molecule has 0 spiro atoms. The molecule has 9 atom stereocenters. The van der Waals surface area contributed by atoms with Crippen LogP contribution in [0, 0.1) is 11.8 Å². The quantitative estimate of drug-likeness (QED) is 0.0212. The lowest BCUT2D eigenvalue weighted by molar-refractivity contribution is -0.142. The molecule has 0 saturated heterocycles. The van der Waals surface area contributed by atoms with Crippen molar-refractivity contribution in [2.24, 2.45) is 23.3 Å². The van der Waals surface area contributed by atoms with E-state index < -0.39 is 145 Å². The van der Waals surface area contributed by atoms with Gasteiger partial charge in [-0.15, -0.1) is 0 Å². The molecule has 0 aliphatic rings. The number of aromatic amines is 3. The van der Waals surface area contributed by atoms with Crippen LogP contribution in [0.15, 0.2) is 85.8 Å². The van der Waals surface area contributed by atoms with Crippen LogP contribution in [0.3, 0.4) is 0 Å². The third kappa shape index (κ3) is 22.4. The molecule has 0 aliphatic carbocycles. The average Bonchev–Trinajstić information content (AvgIpc) is 3.88. The van der Waals surface area contributed by atoms with E-state index in [2.05, 4.69) is 72.8 Å². The van der Waals surface area contributed by atoms with Gasteiger partial charge in [-0.2, -0.15) is 0 Å². The number of rotatable bonds is 37.